The highest BCUT2D eigenvalue weighted by Crippen LogP contribution is 2.39. The second kappa shape index (κ2) is 15.8. The third-order valence-corrected chi connectivity index (χ3v) is 13.2. The largest absolute Gasteiger partial charge is 0.490 e. The van der Waals surface area contributed by atoms with Gasteiger partial charge in [-0.1, -0.05) is 11.6 Å². The number of benzene rings is 2. The lowest BCUT2D eigenvalue weighted by molar-refractivity contribution is -0.136. The summed E-state index contributed by atoms with van der Waals surface area (Å²) in [6, 6.07) is 12.6. The van der Waals surface area contributed by atoms with E-state index >= 15 is 4.39 Å². The van der Waals surface area contributed by atoms with Gasteiger partial charge in [-0.2, -0.15) is 5.26 Å². The van der Waals surface area contributed by atoms with E-state index < -0.39 is 35.5 Å². The van der Waals surface area contributed by atoms with E-state index in [-0.39, 0.29) is 53.4 Å². The van der Waals surface area contributed by atoms with Crippen LogP contribution in [0.15, 0.2) is 42.5 Å². The van der Waals surface area contributed by atoms with Crippen LogP contribution in [0, 0.1) is 29.0 Å². The smallest absolute Gasteiger partial charge is 0.272 e. The lowest BCUT2D eigenvalue weighted by atomic mass is 9.93. The van der Waals surface area contributed by atoms with Crippen molar-refractivity contribution in [2.24, 2.45) is 11.8 Å². The maximum atomic E-state index is 15.6. The number of nitriles is 1. The Morgan fingerprint density at radius 3 is 2.22 bits per heavy atom. The highest BCUT2D eigenvalue weighted by Gasteiger charge is 2.47. The van der Waals surface area contributed by atoms with Crippen molar-refractivity contribution in [2.45, 2.75) is 75.6 Å². The van der Waals surface area contributed by atoms with Crippen molar-refractivity contribution in [3.8, 4) is 11.8 Å². The Bertz CT molecular complexity index is 2240. The van der Waals surface area contributed by atoms with Gasteiger partial charge in [-0.3, -0.25) is 39.1 Å². The molecule has 3 atom stereocenters. The number of imide groups is 2. The van der Waals surface area contributed by atoms with Crippen LogP contribution in [0.2, 0.25) is 5.02 Å². The first-order chi connectivity index (χ1) is 28.5. The van der Waals surface area contributed by atoms with Crippen LogP contribution in [0.4, 0.5) is 15.9 Å². The van der Waals surface area contributed by atoms with Gasteiger partial charge < -0.3 is 19.9 Å². The number of ether oxygens (including phenoxy) is 1. The van der Waals surface area contributed by atoms with E-state index in [4.69, 9.17) is 21.6 Å². The number of hydrogen-bond acceptors (Lipinski definition) is 12. The number of carbonyl (C=O) groups is 5. The van der Waals surface area contributed by atoms with Crippen molar-refractivity contribution in [3.05, 3.63) is 75.7 Å². The molecule has 3 aromatic rings. The molecule has 1 saturated carbocycles. The standard InChI is InChI=1S/C42H43ClFN9O6/c43-32-15-29(4-1-23(32)18-45)59-28-5-2-26(3-6-28)46-39(55)34-7-9-37(49-48-34)50-13-11-27(12-14-50)51-19-24-21-52(22-25(24)20-51)36-17-31-30(16-33(36)44)41(57)53(42(31)58)35-8-10-38(54)47-40(35)56/h1,4,7,9,15-17,24-28,35H,2-3,5-6,8,10-14,19-22H2,(H,46,55)(H,47,54,56). The van der Waals surface area contributed by atoms with E-state index in [2.05, 4.69) is 30.6 Å². The van der Waals surface area contributed by atoms with E-state index in [1.165, 1.54) is 6.07 Å². The summed E-state index contributed by atoms with van der Waals surface area (Å²) in [5, 5.41) is 23.4. The van der Waals surface area contributed by atoms with E-state index in [1.54, 1.807) is 24.3 Å². The van der Waals surface area contributed by atoms with Crippen LogP contribution < -0.4 is 25.2 Å². The Morgan fingerprint density at radius 1 is 0.864 bits per heavy atom. The molecule has 1 aromatic heterocycles. The Kier molecular flexibility index (Phi) is 10.4. The number of likely N-dealkylation sites (tertiary alicyclic amines) is 1. The highest BCUT2D eigenvalue weighted by molar-refractivity contribution is 6.31. The van der Waals surface area contributed by atoms with Crippen LogP contribution in [0.3, 0.4) is 0 Å². The van der Waals surface area contributed by atoms with Crippen LogP contribution in [0.5, 0.6) is 5.75 Å². The number of aromatic nitrogens is 2. The van der Waals surface area contributed by atoms with Gasteiger partial charge in [0.15, 0.2) is 11.5 Å². The van der Waals surface area contributed by atoms with Crippen LogP contribution in [-0.2, 0) is 9.59 Å². The molecule has 0 spiro atoms. The molecule has 6 aliphatic rings. The lowest BCUT2D eigenvalue weighted by Gasteiger charge is -2.37. The zero-order valence-electron chi connectivity index (χ0n) is 32.2. The summed E-state index contributed by atoms with van der Waals surface area (Å²) in [6.45, 7) is 4.68. The predicted molar refractivity (Wildman–Crippen MR) is 211 cm³/mol. The topological polar surface area (TPSA) is 181 Å². The molecule has 1 aliphatic carbocycles. The van der Waals surface area contributed by atoms with Crippen LogP contribution >= 0.6 is 11.6 Å². The molecule has 5 aliphatic heterocycles. The summed E-state index contributed by atoms with van der Waals surface area (Å²) in [7, 11) is 0. The molecule has 4 saturated heterocycles. The van der Waals surface area contributed by atoms with Crippen molar-refractivity contribution >= 4 is 52.6 Å². The quantitative estimate of drug-likeness (QED) is 0.315. The Balaban J connectivity index is 0.727. The summed E-state index contributed by atoms with van der Waals surface area (Å²) >= 11 is 6.14. The molecule has 306 valence electrons. The zero-order valence-corrected chi connectivity index (χ0v) is 33.0. The summed E-state index contributed by atoms with van der Waals surface area (Å²) < 4.78 is 21.6. The van der Waals surface area contributed by atoms with Crippen molar-refractivity contribution in [1.29, 1.82) is 5.26 Å². The maximum Gasteiger partial charge on any atom is 0.272 e. The van der Waals surface area contributed by atoms with Gasteiger partial charge in [0.1, 0.15) is 23.7 Å². The first kappa shape index (κ1) is 38.8. The van der Waals surface area contributed by atoms with Gasteiger partial charge in [0, 0.05) is 63.8 Å². The van der Waals surface area contributed by atoms with Crippen molar-refractivity contribution in [1.82, 2.24) is 30.6 Å². The Hall–Kier alpha value is -5.66. The fraction of sp³-hybridized carbons (Fsp3) is 0.476. The molecule has 2 aromatic carbocycles. The second-order valence-corrected chi connectivity index (χ2v) is 16.9. The minimum atomic E-state index is -1.10. The van der Waals surface area contributed by atoms with E-state index in [1.807, 2.05) is 17.0 Å². The first-order valence-electron chi connectivity index (χ1n) is 20.3. The average molecular weight is 824 g/mol. The van der Waals surface area contributed by atoms with Gasteiger partial charge in [0.25, 0.3) is 17.7 Å². The third-order valence-electron chi connectivity index (χ3n) is 12.9. The number of amides is 5. The zero-order chi connectivity index (χ0) is 40.9. The number of fused-ring (bicyclic) bond motifs is 2. The number of carbonyl (C=O) groups excluding carboxylic acids is 5. The van der Waals surface area contributed by atoms with E-state index in [0.29, 0.717) is 47.3 Å². The lowest BCUT2D eigenvalue weighted by Crippen LogP contribution is -2.54. The van der Waals surface area contributed by atoms with Crippen molar-refractivity contribution in [3.63, 3.8) is 0 Å². The molecule has 9 rings (SSSR count). The van der Waals surface area contributed by atoms with Gasteiger partial charge in [0.05, 0.1) is 33.5 Å². The molecule has 0 bridgehead atoms. The first-order valence-corrected chi connectivity index (χ1v) is 20.7. The number of anilines is 2. The Morgan fingerprint density at radius 2 is 1.58 bits per heavy atom. The fourth-order valence-electron chi connectivity index (χ4n) is 9.76. The SMILES string of the molecule is N#Cc1ccc(OC2CCC(NC(=O)c3ccc(N4CCC(N5CC6CN(c7cc8c(cc7F)C(=O)N(C7CCC(=O)NC7=O)C8=O)CC6C5)CC4)nn3)CC2)cc1Cl. The summed E-state index contributed by atoms with van der Waals surface area (Å²) in [5.74, 6) is -1.30. The van der Waals surface area contributed by atoms with E-state index in [9.17, 15) is 24.0 Å². The number of nitrogens with zero attached hydrogens (tertiary/aromatic N) is 7. The van der Waals surface area contributed by atoms with Gasteiger partial charge in [-0.15, -0.1) is 10.2 Å². The second-order valence-electron chi connectivity index (χ2n) is 16.5. The summed E-state index contributed by atoms with van der Waals surface area (Å²) in [6.07, 6.45) is 5.06. The number of hydrogen-bond donors (Lipinski definition) is 2. The van der Waals surface area contributed by atoms with Gasteiger partial charge >= 0.3 is 0 Å². The number of rotatable bonds is 8. The van der Waals surface area contributed by atoms with Gasteiger partial charge in [0.2, 0.25) is 11.8 Å². The predicted octanol–water partition coefficient (Wildman–Crippen LogP) is 3.70. The Labute approximate surface area is 344 Å². The van der Waals surface area contributed by atoms with Crippen LogP contribution in [0.1, 0.15) is 88.1 Å². The monoisotopic (exact) mass is 823 g/mol. The molecular formula is C42H43ClFN9O6. The fourth-order valence-corrected chi connectivity index (χ4v) is 9.97. The number of nitrogens with one attached hydrogen (secondary N) is 2. The third kappa shape index (κ3) is 7.57. The summed E-state index contributed by atoms with van der Waals surface area (Å²) in [5.41, 5.74) is 0.995. The van der Waals surface area contributed by atoms with Gasteiger partial charge in [-0.05, 0) is 93.2 Å². The molecule has 6 heterocycles. The molecule has 0 radical (unpaired) electrons. The van der Waals surface area contributed by atoms with Crippen molar-refractivity contribution in [2.75, 3.05) is 49.1 Å². The average Bonchev–Trinajstić information content (AvgIpc) is 3.89. The van der Waals surface area contributed by atoms with Crippen LogP contribution in [-0.4, -0.2) is 113 Å². The minimum Gasteiger partial charge on any atom is -0.490 e. The molecule has 5 amide bonds. The molecule has 3 unspecified atom stereocenters. The molecule has 59 heavy (non-hydrogen) atoms. The highest BCUT2D eigenvalue weighted by atomic mass is 35.5. The molecule has 17 heteroatoms. The molecule has 15 nitrogen and oxygen atoms in total. The molecule has 2 N–H and O–H groups in total. The van der Waals surface area contributed by atoms with Crippen LogP contribution in [0.25, 0.3) is 0 Å². The molecule has 5 fully saturated rings. The normalized spacial score (nSPS) is 26.1. The number of halogens is 2. The number of piperidine rings is 2. The maximum absolute atomic E-state index is 15.6. The summed E-state index contributed by atoms with van der Waals surface area (Å²) in [4.78, 5) is 71.2. The van der Waals surface area contributed by atoms with Gasteiger partial charge in [-0.25, -0.2) is 4.39 Å². The van der Waals surface area contributed by atoms with Crippen molar-refractivity contribution < 1.29 is 33.1 Å². The molecular weight excluding hydrogens is 781 g/mol. The van der Waals surface area contributed by atoms with E-state index in [0.717, 1.165) is 81.5 Å². The minimum absolute atomic E-state index is 0.00552.